The molecule has 0 saturated heterocycles. The van der Waals surface area contributed by atoms with Crippen LogP contribution in [0.3, 0.4) is 0 Å². The average molecular weight is 421 g/mol. The maximum atomic E-state index is 11.6. The van der Waals surface area contributed by atoms with Gasteiger partial charge in [0, 0.05) is 0 Å². The third kappa shape index (κ3) is 5.58. The molecule has 0 atom stereocenters. The molecule has 0 aliphatic rings. The van der Waals surface area contributed by atoms with Gasteiger partial charge < -0.3 is 0 Å². The van der Waals surface area contributed by atoms with E-state index >= 15 is 0 Å². The summed E-state index contributed by atoms with van der Waals surface area (Å²) in [6.07, 6.45) is 5.99. The number of carbonyl (C=O) groups is 1. The molecule has 0 radical (unpaired) electrons. The Morgan fingerprint density at radius 3 is 1.53 bits per heavy atom. The molecule has 0 unspecified atom stereocenters. The second-order valence-electron chi connectivity index (χ2n) is 7.72. The van der Waals surface area contributed by atoms with Gasteiger partial charge in [0.15, 0.2) is 0 Å². The van der Waals surface area contributed by atoms with E-state index in [0.717, 1.165) is 25.7 Å². The Hall–Kier alpha value is -2.44. The van der Waals surface area contributed by atoms with E-state index in [-0.39, 0.29) is 5.97 Å². The quantitative estimate of drug-likeness (QED) is 0.241. The minimum absolute atomic E-state index is 0.0703. The van der Waals surface area contributed by atoms with Gasteiger partial charge in [0.2, 0.25) is 0 Å². The third-order valence-corrected chi connectivity index (χ3v) is 10.8. The van der Waals surface area contributed by atoms with Crippen molar-refractivity contribution in [2.75, 3.05) is 12.8 Å². The zero-order valence-electron chi connectivity index (χ0n) is 17.9. The number of hydrogen-bond acceptors (Lipinski definition) is 2. The van der Waals surface area contributed by atoms with Crippen LogP contribution in [0.1, 0.15) is 39.0 Å². The number of ether oxygens (including phenoxy) is 1. The standard InChI is InChI=1S/C27H33O2P/c1-2-29-27(28)22-14-3-4-15-23-30(24-16-8-5-9-17-24,25-18-10-6-11-19-25)26-20-12-7-13-21-26/h5-13,16-21,30H,2-4,14-15,22-23H2,1H3. The van der Waals surface area contributed by atoms with E-state index < -0.39 is 7.26 Å². The first kappa shape index (κ1) is 22.2. The zero-order chi connectivity index (χ0) is 21.1. The van der Waals surface area contributed by atoms with Crippen LogP contribution in [0, 0.1) is 0 Å². The second-order valence-corrected chi connectivity index (χ2v) is 11.8. The minimum atomic E-state index is -2.11. The van der Waals surface area contributed by atoms with Gasteiger partial charge in [0.25, 0.3) is 0 Å². The number of hydrogen-bond donors (Lipinski definition) is 0. The van der Waals surface area contributed by atoms with Crippen molar-refractivity contribution in [1.82, 2.24) is 0 Å². The summed E-state index contributed by atoms with van der Waals surface area (Å²) in [4.78, 5) is 11.6. The fourth-order valence-corrected chi connectivity index (χ4v) is 9.28. The van der Waals surface area contributed by atoms with E-state index in [1.807, 2.05) is 6.92 Å². The Bertz CT molecular complexity index is 782. The topological polar surface area (TPSA) is 26.3 Å². The number of benzene rings is 3. The van der Waals surface area contributed by atoms with Crippen LogP contribution in [-0.4, -0.2) is 18.7 Å². The van der Waals surface area contributed by atoms with Crippen molar-refractivity contribution in [3.05, 3.63) is 91.0 Å². The maximum absolute atomic E-state index is 11.6. The Morgan fingerprint density at radius 1 is 0.667 bits per heavy atom. The predicted molar refractivity (Wildman–Crippen MR) is 131 cm³/mol. The van der Waals surface area contributed by atoms with Gasteiger partial charge >= 0.3 is 181 Å². The summed E-state index contributed by atoms with van der Waals surface area (Å²) in [5.41, 5.74) is 0. The fourth-order valence-electron chi connectivity index (χ4n) is 4.35. The van der Waals surface area contributed by atoms with E-state index in [1.165, 1.54) is 22.1 Å². The van der Waals surface area contributed by atoms with Gasteiger partial charge in [-0.1, -0.05) is 0 Å². The summed E-state index contributed by atoms with van der Waals surface area (Å²) in [7, 11) is -2.11. The van der Waals surface area contributed by atoms with Crippen LogP contribution >= 0.6 is 7.26 Å². The number of carbonyl (C=O) groups excluding carboxylic acids is 1. The average Bonchev–Trinajstić information content (AvgIpc) is 2.81. The molecular weight excluding hydrogens is 387 g/mol. The summed E-state index contributed by atoms with van der Waals surface area (Å²) in [6.45, 7) is 2.33. The van der Waals surface area contributed by atoms with Gasteiger partial charge in [-0.15, -0.1) is 0 Å². The van der Waals surface area contributed by atoms with Gasteiger partial charge in [-0.3, -0.25) is 0 Å². The van der Waals surface area contributed by atoms with Crippen LogP contribution in [0.5, 0.6) is 0 Å². The first-order valence-corrected chi connectivity index (χ1v) is 13.3. The van der Waals surface area contributed by atoms with Crippen molar-refractivity contribution in [2.24, 2.45) is 0 Å². The molecule has 3 aromatic rings. The summed E-state index contributed by atoms with van der Waals surface area (Å²) in [5, 5.41) is 4.40. The van der Waals surface area contributed by atoms with E-state index in [4.69, 9.17) is 4.74 Å². The molecule has 0 aliphatic heterocycles. The van der Waals surface area contributed by atoms with E-state index in [1.54, 1.807) is 0 Å². The van der Waals surface area contributed by atoms with Crippen LogP contribution in [0.2, 0.25) is 0 Å². The van der Waals surface area contributed by atoms with Gasteiger partial charge in [0.05, 0.1) is 0 Å². The molecule has 0 spiro atoms. The summed E-state index contributed by atoms with van der Waals surface area (Å²) in [5.74, 6) is -0.0703. The molecule has 0 N–H and O–H groups in total. The first-order chi connectivity index (χ1) is 14.8. The number of rotatable bonds is 11. The van der Waals surface area contributed by atoms with Crippen molar-refractivity contribution >= 4 is 29.1 Å². The van der Waals surface area contributed by atoms with Gasteiger partial charge in [-0.2, -0.15) is 0 Å². The van der Waals surface area contributed by atoms with Crippen molar-refractivity contribution < 1.29 is 9.53 Å². The molecule has 0 fully saturated rings. The van der Waals surface area contributed by atoms with E-state index in [2.05, 4.69) is 91.0 Å². The molecule has 0 saturated carbocycles. The normalized spacial score (nSPS) is 11.8. The van der Waals surface area contributed by atoms with Crippen LogP contribution in [0.4, 0.5) is 0 Å². The summed E-state index contributed by atoms with van der Waals surface area (Å²) in [6, 6.07) is 33.2. The van der Waals surface area contributed by atoms with Gasteiger partial charge in [-0.25, -0.2) is 0 Å². The van der Waals surface area contributed by atoms with Crippen LogP contribution in [0.25, 0.3) is 0 Å². The van der Waals surface area contributed by atoms with Gasteiger partial charge in [0.1, 0.15) is 0 Å². The molecule has 158 valence electrons. The molecule has 3 aromatic carbocycles. The SMILES string of the molecule is CCOC(=O)CCCCCC[PH](c1ccccc1)(c1ccccc1)c1ccccc1. The molecular formula is C27H33O2P. The van der Waals surface area contributed by atoms with Gasteiger partial charge in [-0.05, 0) is 0 Å². The molecule has 0 aromatic heterocycles. The fraction of sp³-hybridized carbons (Fsp3) is 0.296. The van der Waals surface area contributed by atoms with Crippen LogP contribution in [-0.2, 0) is 9.53 Å². The number of esters is 1. The summed E-state index contributed by atoms with van der Waals surface area (Å²) >= 11 is 0. The monoisotopic (exact) mass is 420 g/mol. The Balaban J connectivity index is 1.82. The van der Waals surface area contributed by atoms with E-state index in [0.29, 0.717) is 13.0 Å². The predicted octanol–water partition coefficient (Wildman–Crippen LogP) is 5.23. The molecule has 3 rings (SSSR count). The molecule has 2 nitrogen and oxygen atoms in total. The molecule has 0 bridgehead atoms. The zero-order valence-corrected chi connectivity index (χ0v) is 18.9. The van der Waals surface area contributed by atoms with Crippen molar-refractivity contribution in [2.45, 2.75) is 39.0 Å². The van der Waals surface area contributed by atoms with Crippen molar-refractivity contribution in [3.8, 4) is 0 Å². The molecule has 0 heterocycles. The Kier molecular flexibility index (Phi) is 8.66. The van der Waals surface area contributed by atoms with Crippen LogP contribution in [0.15, 0.2) is 91.0 Å². The van der Waals surface area contributed by atoms with Crippen molar-refractivity contribution in [3.63, 3.8) is 0 Å². The second kappa shape index (κ2) is 11.7. The Morgan fingerprint density at radius 2 is 1.10 bits per heavy atom. The molecule has 3 heteroatoms. The number of unbranched alkanes of at least 4 members (excludes halogenated alkanes) is 3. The molecule has 0 aliphatic carbocycles. The Labute approximate surface area is 181 Å². The van der Waals surface area contributed by atoms with Crippen molar-refractivity contribution in [1.29, 1.82) is 0 Å². The molecule has 30 heavy (non-hydrogen) atoms. The third-order valence-electron chi connectivity index (χ3n) is 5.79. The summed E-state index contributed by atoms with van der Waals surface area (Å²) < 4.78 is 5.04. The van der Waals surface area contributed by atoms with E-state index in [9.17, 15) is 4.79 Å². The first-order valence-electron chi connectivity index (χ1n) is 11.1. The van der Waals surface area contributed by atoms with Crippen LogP contribution < -0.4 is 15.9 Å². The molecule has 0 amide bonds.